The van der Waals surface area contributed by atoms with Crippen molar-refractivity contribution >= 4 is 17.9 Å². The molecule has 274 valence electrons. The number of hydrogen-bond acceptors (Lipinski definition) is 5. The van der Waals surface area contributed by atoms with E-state index in [-0.39, 0.29) is 11.6 Å². The number of hydrogen-bond donors (Lipinski definition) is 0. The Hall–Kier alpha value is -5.62. The quantitative estimate of drug-likeness (QED) is 0.0383. The second kappa shape index (κ2) is 21.7. The minimum Gasteiger partial charge on any atom is -0.494 e. The number of allylic oxidation sites excluding steroid dienone is 1. The fourth-order valence-electron chi connectivity index (χ4n) is 5.71. The van der Waals surface area contributed by atoms with Gasteiger partial charge in [0.25, 0.3) is 0 Å². The van der Waals surface area contributed by atoms with Crippen molar-refractivity contribution in [3.05, 3.63) is 156 Å². The largest absolute Gasteiger partial charge is 0.494 e. The third kappa shape index (κ3) is 13.8. The lowest BCUT2D eigenvalue weighted by atomic mass is 10.1. The molecule has 0 saturated carbocycles. The molecule has 0 aliphatic heterocycles. The van der Waals surface area contributed by atoms with Crippen LogP contribution in [0.15, 0.2) is 134 Å². The van der Waals surface area contributed by atoms with Gasteiger partial charge in [-0.2, -0.15) is 0 Å². The van der Waals surface area contributed by atoms with Gasteiger partial charge in [-0.15, -0.1) is 0 Å². The van der Waals surface area contributed by atoms with E-state index in [1.54, 1.807) is 6.08 Å². The minimum absolute atomic E-state index is 0.182. The van der Waals surface area contributed by atoms with Gasteiger partial charge in [0, 0.05) is 5.56 Å². The predicted molar refractivity (Wildman–Crippen MR) is 214 cm³/mol. The van der Waals surface area contributed by atoms with E-state index in [4.69, 9.17) is 18.9 Å². The maximum Gasteiger partial charge on any atom is 0.185 e. The van der Waals surface area contributed by atoms with Crippen LogP contribution in [-0.2, 0) is 0 Å². The van der Waals surface area contributed by atoms with E-state index in [1.165, 1.54) is 68.9 Å². The molecule has 0 heterocycles. The highest BCUT2D eigenvalue weighted by Gasteiger charge is 2.04. The van der Waals surface area contributed by atoms with Crippen LogP contribution in [0.5, 0.6) is 23.0 Å². The van der Waals surface area contributed by atoms with Crippen molar-refractivity contribution < 1.29 is 28.1 Å². The summed E-state index contributed by atoms with van der Waals surface area (Å²) >= 11 is 0. The van der Waals surface area contributed by atoms with Gasteiger partial charge in [-0.05, 0) is 114 Å². The molecule has 0 N–H and O–H groups in total. The standard InChI is InChI=1S/C47H49FO5/c1-2-37-11-24-43(25-12-37)50-33-9-7-5-3-4-6-8-10-34-51-45-28-18-39(19-29-45)40-20-30-46(31-21-40)53-36-35-52-44-26-13-38(14-27-44)15-32-47(49)41-16-22-42(48)23-17-41/h2,11-32H,1,3-10,33-36H2. The van der Waals surface area contributed by atoms with Crippen LogP contribution in [-0.4, -0.2) is 32.2 Å². The lowest BCUT2D eigenvalue weighted by Crippen LogP contribution is -2.08. The maximum atomic E-state index is 13.1. The van der Waals surface area contributed by atoms with Crippen LogP contribution in [0.1, 0.15) is 72.9 Å². The average molecular weight is 713 g/mol. The number of ether oxygens (including phenoxy) is 4. The van der Waals surface area contributed by atoms with E-state index in [2.05, 4.69) is 30.8 Å². The first-order valence-corrected chi connectivity index (χ1v) is 18.6. The van der Waals surface area contributed by atoms with Crippen LogP contribution in [0.4, 0.5) is 4.39 Å². The second-order valence-corrected chi connectivity index (χ2v) is 12.8. The topological polar surface area (TPSA) is 54.0 Å². The third-order valence-corrected chi connectivity index (χ3v) is 8.79. The molecule has 0 unspecified atom stereocenters. The highest BCUT2D eigenvalue weighted by molar-refractivity contribution is 6.06. The summed E-state index contributed by atoms with van der Waals surface area (Å²) in [4.78, 5) is 12.3. The van der Waals surface area contributed by atoms with Crippen molar-refractivity contribution in [3.63, 3.8) is 0 Å². The highest BCUT2D eigenvalue weighted by Crippen LogP contribution is 2.25. The van der Waals surface area contributed by atoms with Gasteiger partial charge < -0.3 is 18.9 Å². The van der Waals surface area contributed by atoms with Crippen LogP contribution in [0.2, 0.25) is 0 Å². The smallest absolute Gasteiger partial charge is 0.185 e. The Bertz CT molecular complexity index is 1830. The molecule has 0 aliphatic rings. The van der Waals surface area contributed by atoms with Crippen LogP contribution in [0.25, 0.3) is 23.3 Å². The normalized spacial score (nSPS) is 11.0. The summed E-state index contributed by atoms with van der Waals surface area (Å²) in [5, 5.41) is 0. The number of carbonyl (C=O) groups is 1. The summed E-state index contributed by atoms with van der Waals surface area (Å²) in [7, 11) is 0. The molecule has 0 spiro atoms. The molecule has 0 radical (unpaired) electrons. The number of carbonyl (C=O) groups excluding carboxylic acids is 1. The zero-order chi connectivity index (χ0) is 36.9. The van der Waals surface area contributed by atoms with Crippen molar-refractivity contribution in [2.45, 2.75) is 51.4 Å². The number of rotatable bonds is 23. The van der Waals surface area contributed by atoms with Crippen molar-refractivity contribution in [2.24, 2.45) is 0 Å². The molecule has 0 saturated heterocycles. The van der Waals surface area contributed by atoms with Crippen molar-refractivity contribution in [1.82, 2.24) is 0 Å². The van der Waals surface area contributed by atoms with E-state index in [9.17, 15) is 9.18 Å². The second-order valence-electron chi connectivity index (χ2n) is 12.8. The monoisotopic (exact) mass is 712 g/mol. The van der Waals surface area contributed by atoms with Gasteiger partial charge in [-0.25, -0.2) is 4.39 Å². The van der Waals surface area contributed by atoms with Gasteiger partial charge in [-0.1, -0.05) is 106 Å². The Kier molecular flexibility index (Phi) is 15.8. The first-order chi connectivity index (χ1) is 26.1. The van der Waals surface area contributed by atoms with Crippen molar-refractivity contribution in [1.29, 1.82) is 0 Å². The summed E-state index contributed by atoms with van der Waals surface area (Å²) in [5.41, 5.74) is 4.65. The first-order valence-electron chi connectivity index (χ1n) is 18.6. The van der Waals surface area contributed by atoms with Gasteiger partial charge in [0.2, 0.25) is 0 Å². The van der Waals surface area contributed by atoms with Gasteiger partial charge in [0.15, 0.2) is 5.78 Å². The average Bonchev–Trinajstić information content (AvgIpc) is 3.20. The number of benzene rings is 5. The summed E-state index contributed by atoms with van der Waals surface area (Å²) < 4.78 is 36.6. The molecule has 5 nitrogen and oxygen atoms in total. The van der Waals surface area contributed by atoms with Crippen molar-refractivity contribution in [2.75, 3.05) is 26.4 Å². The third-order valence-electron chi connectivity index (χ3n) is 8.79. The van der Waals surface area contributed by atoms with E-state index in [1.807, 2.05) is 78.9 Å². The van der Waals surface area contributed by atoms with E-state index in [0.29, 0.717) is 24.5 Å². The Morgan fingerprint density at radius 1 is 0.472 bits per heavy atom. The SMILES string of the molecule is C=Cc1ccc(OCCCCCCCCCCOc2ccc(-c3ccc(OCCOc4ccc(C=CC(=O)c5ccc(F)cc5)cc4)cc3)cc2)cc1. The summed E-state index contributed by atoms with van der Waals surface area (Å²) in [6.07, 6.45) is 14.7. The Balaban J connectivity index is 0.884. The molecule has 0 aromatic heterocycles. The molecule has 6 heteroatoms. The highest BCUT2D eigenvalue weighted by atomic mass is 19.1. The molecule has 5 aromatic carbocycles. The summed E-state index contributed by atoms with van der Waals surface area (Å²) in [5.74, 6) is 2.77. The Morgan fingerprint density at radius 3 is 1.28 bits per heavy atom. The van der Waals surface area contributed by atoms with E-state index < -0.39 is 0 Å². The van der Waals surface area contributed by atoms with E-state index in [0.717, 1.165) is 65.6 Å². The van der Waals surface area contributed by atoms with Gasteiger partial charge >= 0.3 is 0 Å². The van der Waals surface area contributed by atoms with Crippen molar-refractivity contribution in [3.8, 4) is 34.1 Å². The van der Waals surface area contributed by atoms with Gasteiger partial charge in [-0.3, -0.25) is 4.79 Å². The maximum absolute atomic E-state index is 13.1. The van der Waals surface area contributed by atoms with Crippen LogP contribution >= 0.6 is 0 Å². The molecular weight excluding hydrogens is 664 g/mol. The first kappa shape index (κ1) is 38.6. The molecule has 0 atom stereocenters. The van der Waals surface area contributed by atoms with Gasteiger partial charge in [0.05, 0.1) is 13.2 Å². The zero-order valence-electron chi connectivity index (χ0n) is 30.4. The van der Waals surface area contributed by atoms with Crippen LogP contribution in [0, 0.1) is 5.82 Å². The molecule has 0 aliphatic carbocycles. The number of unbranched alkanes of at least 4 members (excludes halogenated alkanes) is 7. The molecule has 0 amide bonds. The number of halogens is 1. The fraction of sp³-hybridized carbons (Fsp3) is 0.255. The predicted octanol–water partition coefficient (Wildman–Crippen LogP) is 12.1. The lowest BCUT2D eigenvalue weighted by molar-refractivity contribution is 0.104. The molecule has 0 bridgehead atoms. The Labute approximate surface area is 313 Å². The fourth-order valence-corrected chi connectivity index (χ4v) is 5.71. The van der Waals surface area contributed by atoms with Gasteiger partial charge in [0.1, 0.15) is 42.0 Å². The molecular formula is C47H49FO5. The van der Waals surface area contributed by atoms with Crippen LogP contribution < -0.4 is 18.9 Å². The molecule has 0 fully saturated rings. The van der Waals surface area contributed by atoms with Crippen LogP contribution in [0.3, 0.4) is 0 Å². The summed E-state index contributed by atoms with van der Waals surface area (Å²) in [6, 6.07) is 37.3. The molecule has 5 aromatic rings. The molecule has 53 heavy (non-hydrogen) atoms. The summed E-state index contributed by atoms with van der Waals surface area (Å²) in [6.45, 7) is 6.10. The lowest BCUT2D eigenvalue weighted by Gasteiger charge is -2.10. The Morgan fingerprint density at radius 2 is 0.849 bits per heavy atom. The molecule has 5 rings (SSSR count). The number of ketones is 1. The zero-order valence-corrected chi connectivity index (χ0v) is 30.4. The minimum atomic E-state index is -0.367. The van der Waals surface area contributed by atoms with E-state index >= 15 is 0 Å².